The lowest BCUT2D eigenvalue weighted by molar-refractivity contribution is 0.295. The zero-order valence-electron chi connectivity index (χ0n) is 11.7. The van der Waals surface area contributed by atoms with Crippen molar-refractivity contribution in [2.24, 2.45) is 0 Å². The third-order valence-electron chi connectivity index (χ3n) is 2.93. The molecule has 0 radical (unpaired) electrons. The van der Waals surface area contributed by atoms with Crippen molar-refractivity contribution in [3.05, 3.63) is 10.7 Å². The molecular formula is C12H19N5S2. The lowest BCUT2D eigenvalue weighted by atomic mass is 10.4. The van der Waals surface area contributed by atoms with Crippen LogP contribution in [0.15, 0.2) is 0 Å². The van der Waals surface area contributed by atoms with Gasteiger partial charge in [0.2, 0.25) is 5.13 Å². The average Bonchev–Trinajstić information content (AvgIpc) is 3.02. The molecule has 19 heavy (non-hydrogen) atoms. The number of hydrogen-bond donors (Lipinski definition) is 1. The molecule has 0 aliphatic rings. The van der Waals surface area contributed by atoms with Crippen molar-refractivity contribution in [1.29, 1.82) is 0 Å². The van der Waals surface area contributed by atoms with Gasteiger partial charge < -0.3 is 5.32 Å². The van der Waals surface area contributed by atoms with Crippen LogP contribution in [-0.4, -0.2) is 40.2 Å². The molecule has 0 unspecified atom stereocenters. The van der Waals surface area contributed by atoms with Crippen LogP contribution in [0.1, 0.15) is 24.5 Å². The quantitative estimate of drug-likeness (QED) is 0.888. The maximum atomic E-state index is 4.65. The lowest BCUT2D eigenvalue weighted by Gasteiger charge is -2.15. The van der Waals surface area contributed by atoms with Crippen LogP contribution in [0.5, 0.6) is 0 Å². The van der Waals surface area contributed by atoms with E-state index in [0.29, 0.717) is 0 Å². The monoisotopic (exact) mass is 297 g/mol. The molecule has 0 saturated heterocycles. The van der Waals surface area contributed by atoms with Gasteiger partial charge in [0, 0.05) is 7.05 Å². The Labute approximate surface area is 121 Å². The minimum absolute atomic E-state index is 0.841. The summed E-state index contributed by atoms with van der Waals surface area (Å²) < 4.78 is 0. The predicted octanol–water partition coefficient (Wildman–Crippen LogP) is 2.85. The molecule has 0 atom stereocenters. The fourth-order valence-electron chi connectivity index (χ4n) is 1.77. The van der Waals surface area contributed by atoms with Crippen molar-refractivity contribution >= 4 is 27.8 Å². The highest BCUT2D eigenvalue weighted by Crippen LogP contribution is 2.33. The Bertz CT molecular complexity index is 530. The second-order valence-corrected chi connectivity index (χ2v) is 6.21. The van der Waals surface area contributed by atoms with Crippen molar-refractivity contribution in [3.63, 3.8) is 0 Å². The normalized spacial score (nSPS) is 11.2. The fraction of sp³-hybridized carbons (Fsp3) is 0.583. The third kappa shape index (κ3) is 3.29. The molecule has 5 nitrogen and oxygen atoms in total. The van der Waals surface area contributed by atoms with Crippen molar-refractivity contribution in [2.75, 3.05) is 25.5 Å². The molecule has 2 aromatic rings. The molecule has 0 aromatic carbocycles. The summed E-state index contributed by atoms with van der Waals surface area (Å²) in [6, 6.07) is 0. The standard InChI is InChI=1S/C12H19N5S2/c1-5-17(6-2)7-9-14-8(3)10(18-9)11-15-16-12(13-4)19-11/h5-7H2,1-4H3,(H,13,16). The van der Waals surface area contributed by atoms with E-state index in [4.69, 9.17) is 0 Å². The Hall–Kier alpha value is -1.05. The van der Waals surface area contributed by atoms with Crippen LogP contribution in [0, 0.1) is 6.92 Å². The first-order chi connectivity index (χ1) is 9.17. The van der Waals surface area contributed by atoms with Crippen LogP contribution < -0.4 is 5.32 Å². The minimum Gasteiger partial charge on any atom is -0.363 e. The summed E-state index contributed by atoms with van der Waals surface area (Å²) in [5.41, 5.74) is 1.05. The Morgan fingerprint density at radius 1 is 1.16 bits per heavy atom. The van der Waals surface area contributed by atoms with Gasteiger partial charge in [-0.3, -0.25) is 4.90 Å². The molecule has 7 heteroatoms. The first-order valence-corrected chi connectivity index (χ1v) is 8.01. The number of anilines is 1. The largest absolute Gasteiger partial charge is 0.363 e. The van der Waals surface area contributed by atoms with Gasteiger partial charge in [0.15, 0.2) is 5.01 Å². The maximum absolute atomic E-state index is 4.65. The molecule has 104 valence electrons. The highest BCUT2D eigenvalue weighted by Gasteiger charge is 2.15. The number of nitrogens with one attached hydrogen (secondary N) is 1. The van der Waals surface area contributed by atoms with E-state index in [1.807, 2.05) is 14.0 Å². The zero-order valence-corrected chi connectivity index (χ0v) is 13.4. The smallest absolute Gasteiger partial charge is 0.205 e. The Kier molecular flexibility index (Phi) is 4.84. The summed E-state index contributed by atoms with van der Waals surface area (Å²) in [7, 11) is 1.86. The van der Waals surface area contributed by atoms with Crippen molar-refractivity contribution < 1.29 is 0 Å². The number of rotatable bonds is 6. The molecule has 2 heterocycles. The highest BCUT2D eigenvalue weighted by molar-refractivity contribution is 7.23. The summed E-state index contributed by atoms with van der Waals surface area (Å²) >= 11 is 3.29. The predicted molar refractivity (Wildman–Crippen MR) is 81.9 cm³/mol. The van der Waals surface area contributed by atoms with E-state index in [1.54, 1.807) is 22.7 Å². The molecule has 2 rings (SSSR count). The fourth-order valence-corrected chi connectivity index (χ4v) is 3.70. The number of aryl methyl sites for hydroxylation is 1. The van der Waals surface area contributed by atoms with Gasteiger partial charge in [-0.15, -0.1) is 21.5 Å². The first kappa shape index (κ1) is 14.4. The molecule has 1 N–H and O–H groups in total. The van der Waals surface area contributed by atoms with E-state index in [2.05, 4.69) is 39.2 Å². The number of nitrogens with zero attached hydrogens (tertiary/aromatic N) is 4. The Balaban J connectivity index is 2.20. The van der Waals surface area contributed by atoms with Gasteiger partial charge in [-0.1, -0.05) is 25.2 Å². The molecule has 0 bridgehead atoms. The number of thiazole rings is 1. The first-order valence-electron chi connectivity index (χ1n) is 6.38. The number of aromatic nitrogens is 3. The Morgan fingerprint density at radius 3 is 2.47 bits per heavy atom. The van der Waals surface area contributed by atoms with Gasteiger partial charge >= 0.3 is 0 Å². The summed E-state index contributed by atoms with van der Waals surface area (Å²) in [5, 5.41) is 14.2. The average molecular weight is 297 g/mol. The van der Waals surface area contributed by atoms with Gasteiger partial charge in [0.1, 0.15) is 5.01 Å². The van der Waals surface area contributed by atoms with Crippen LogP contribution >= 0.6 is 22.7 Å². The summed E-state index contributed by atoms with van der Waals surface area (Å²) in [6.45, 7) is 9.40. The molecule has 0 spiro atoms. The second-order valence-electron chi connectivity index (χ2n) is 4.15. The molecule has 0 amide bonds. The van der Waals surface area contributed by atoms with Crippen LogP contribution in [0.2, 0.25) is 0 Å². The van der Waals surface area contributed by atoms with Crippen molar-refractivity contribution in [3.8, 4) is 9.88 Å². The molecule has 0 fully saturated rings. The van der Waals surface area contributed by atoms with E-state index in [1.165, 1.54) is 0 Å². The van der Waals surface area contributed by atoms with Gasteiger partial charge in [-0.2, -0.15) is 0 Å². The van der Waals surface area contributed by atoms with E-state index in [9.17, 15) is 0 Å². The van der Waals surface area contributed by atoms with E-state index >= 15 is 0 Å². The van der Waals surface area contributed by atoms with E-state index in [-0.39, 0.29) is 0 Å². The summed E-state index contributed by atoms with van der Waals surface area (Å²) in [4.78, 5) is 8.16. The van der Waals surface area contributed by atoms with E-state index in [0.717, 1.165) is 45.4 Å². The van der Waals surface area contributed by atoms with Crippen LogP contribution in [0.3, 0.4) is 0 Å². The molecule has 0 aliphatic carbocycles. The van der Waals surface area contributed by atoms with Crippen molar-refractivity contribution in [1.82, 2.24) is 20.1 Å². The van der Waals surface area contributed by atoms with Gasteiger partial charge in [-0.05, 0) is 20.0 Å². The Morgan fingerprint density at radius 2 is 1.89 bits per heavy atom. The number of hydrogen-bond acceptors (Lipinski definition) is 7. The SMILES string of the molecule is CCN(CC)Cc1nc(C)c(-c2nnc(NC)s2)s1. The van der Waals surface area contributed by atoms with Gasteiger partial charge in [-0.25, -0.2) is 4.98 Å². The van der Waals surface area contributed by atoms with Gasteiger partial charge in [0.25, 0.3) is 0 Å². The topological polar surface area (TPSA) is 53.9 Å². The lowest BCUT2D eigenvalue weighted by Crippen LogP contribution is -2.21. The molecule has 2 aromatic heterocycles. The highest BCUT2D eigenvalue weighted by atomic mass is 32.1. The van der Waals surface area contributed by atoms with Gasteiger partial charge in [0.05, 0.1) is 17.1 Å². The summed E-state index contributed by atoms with van der Waals surface area (Å²) in [5.74, 6) is 0. The zero-order chi connectivity index (χ0) is 13.8. The molecule has 0 aliphatic heterocycles. The van der Waals surface area contributed by atoms with Crippen LogP contribution in [-0.2, 0) is 6.54 Å². The molecule has 0 saturated carbocycles. The minimum atomic E-state index is 0.841. The van der Waals surface area contributed by atoms with Crippen LogP contribution in [0.25, 0.3) is 9.88 Å². The van der Waals surface area contributed by atoms with E-state index < -0.39 is 0 Å². The molecular weight excluding hydrogens is 278 g/mol. The summed E-state index contributed by atoms with van der Waals surface area (Å²) in [6.07, 6.45) is 0. The maximum Gasteiger partial charge on any atom is 0.205 e. The van der Waals surface area contributed by atoms with Crippen molar-refractivity contribution in [2.45, 2.75) is 27.3 Å². The second kappa shape index (κ2) is 6.40. The van der Waals surface area contributed by atoms with Crippen LogP contribution in [0.4, 0.5) is 5.13 Å². The third-order valence-corrected chi connectivity index (χ3v) is 5.16.